The Morgan fingerprint density at radius 2 is 1.94 bits per heavy atom. The third-order valence-corrected chi connectivity index (χ3v) is 3.93. The molecule has 102 valence electrons. The number of rotatable bonds is 7. The second-order valence-corrected chi connectivity index (χ2v) is 6.10. The highest BCUT2D eigenvalue weighted by molar-refractivity contribution is 7.98. The minimum absolute atomic E-state index is 0.474. The first-order valence-electron chi connectivity index (χ1n) is 6.47. The van der Waals surface area contributed by atoms with Gasteiger partial charge in [0, 0.05) is 24.9 Å². The van der Waals surface area contributed by atoms with E-state index in [4.69, 9.17) is 0 Å². The molecule has 0 aromatic heterocycles. The zero-order chi connectivity index (χ0) is 13.5. The fraction of sp³-hybridized carbons (Fsp3) is 0.600. The topological polar surface area (TPSA) is 6.48 Å². The van der Waals surface area contributed by atoms with Gasteiger partial charge in [0.25, 0.3) is 0 Å². The molecule has 1 atom stereocenters. The molecule has 0 saturated carbocycles. The molecule has 0 spiro atoms. The summed E-state index contributed by atoms with van der Waals surface area (Å²) >= 11 is 1.90. The average molecular weight is 266 g/mol. The van der Waals surface area contributed by atoms with Crippen LogP contribution in [0, 0.1) is 0 Å². The molecule has 1 aromatic carbocycles. The molecule has 0 radical (unpaired) electrons. The fourth-order valence-electron chi connectivity index (χ4n) is 1.89. The second-order valence-electron chi connectivity index (χ2n) is 5.12. The van der Waals surface area contributed by atoms with Gasteiger partial charge in [0.2, 0.25) is 0 Å². The Balaban J connectivity index is 2.64. The van der Waals surface area contributed by atoms with Gasteiger partial charge in [0.05, 0.1) is 0 Å². The summed E-state index contributed by atoms with van der Waals surface area (Å²) in [6.07, 6.45) is 2.16. The number of nitrogens with zero attached hydrogens (tertiary/aromatic N) is 2. The Kier molecular flexibility index (Phi) is 6.76. The van der Waals surface area contributed by atoms with Crippen molar-refractivity contribution in [1.29, 1.82) is 0 Å². The number of benzene rings is 1. The van der Waals surface area contributed by atoms with Crippen LogP contribution in [0.3, 0.4) is 0 Å². The lowest BCUT2D eigenvalue weighted by Crippen LogP contribution is -2.21. The molecule has 1 unspecified atom stereocenters. The van der Waals surface area contributed by atoms with Crippen LogP contribution in [0.2, 0.25) is 0 Å². The molecular formula is C15H26N2S. The third-order valence-electron chi connectivity index (χ3n) is 3.34. The van der Waals surface area contributed by atoms with Gasteiger partial charge >= 0.3 is 0 Å². The van der Waals surface area contributed by atoms with E-state index in [1.807, 2.05) is 11.8 Å². The highest BCUT2D eigenvalue weighted by Crippen LogP contribution is 2.19. The normalized spacial score (nSPS) is 13.3. The minimum Gasteiger partial charge on any atom is -0.303 e. The Labute approximate surface area is 116 Å². The van der Waals surface area contributed by atoms with Gasteiger partial charge in [0.1, 0.15) is 0 Å². The van der Waals surface area contributed by atoms with Gasteiger partial charge in [-0.3, -0.25) is 0 Å². The van der Waals surface area contributed by atoms with Crippen molar-refractivity contribution in [3.8, 4) is 0 Å². The van der Waals surface area contributed by atoms with Crippen molar-refractivity contribution in [2.45, 2.75) is 19.5 Å². The first-order valence-corrected chi connectivity index (χ1v) is 7.86. The molecule has 2 nitrogen and oxygen atoms in total. The predicted molar refractivity (Wildman–Crippen MR) is 83.3 cm³/mol. The van der Waals surface area contributed by atoms with E-state index in [0.29, 0.717) is 6.04 Å². The van der Waals surface area contributed by atoms with Crippen molar-refractivity contribution in [1.82, 2.24) is 9.80 Å². The predicted octanol–water partition coefficient (Wildman–Crippen LogP) is 3.10. The van der Waals surface area contributed by atoms with E-state index in [2.05, 4.69) is 68.4 Å². The van der Waals surface area contributed by atoms with E-state index in [1.54, 1.807) is 0 Å². The van der Waals surface area contributed by atoms with Crippen molar-refractivity contribution in [2.75, 3.05) is 39.7 Å². The molecule has 0 fully saturated rings. The van der Waals surface area contributed by atoms with Crippen LogP contribution in [0.1, 0.15) is 24.1 Å². The quantitative estimate of drug-likeness (QED) is 0.749. The Morgan fingerprint density at radius 3 is 2.56 bits per heavy atom. The first kappa shape index (κ1) is 15.5. The number of hydrogen-bond donors (Lipinski definition) is 0. The summed E-state index contributed by atoms with van der Waals surface area (Å²) in [6.45, 7) is 4.43. The van der Waals surface area contributed by atoms with Gasteiger partial charge in [-0.2, -0.15) is 11.8 Å². The second kappa shape index (κ2) is 7.82. The van der Waals surface area contributed by atoms with E-state index in [1.165, 1.54) is 16.9 Å². The summed E-state index contributed by atoms with van der Waals surface area (Å²) in [5.74, 6) is 1.20. The number of thioether (sulfide) groups is 1. The molecule has 0 N–H and O–H groups in total. The molecule has 0 aliphatic heterocycles. The van der Waals surface area contributed by atoms with E-state index < -0.39 is 0 Å². The summed E-state index contributed by atoms with van der Waals surface area (Å²) in [5.41, 5.74) is 2.81. The van der Waals surface area contributed by atoms with E-state index >= 15 is 0 Å². The molecular weight excluding hydrogens is 240 g/mol. The first-order chi connectivity index (χ1) is 8.54. The van der Waals surface area contributed by atoms with Gasteiger partial charge in [-0.15, -0.1) is 0 Å². The van der Waals surface area contributed by atoms with Crippen molar-refractivity contribution < 1.29 is 0 Å². The highest BCUT2D eigenvalue weighted by atomic mass is 32.2. The molecule has 18 heavy (non-hydrogen) atoms. The Bertz CT molecular complexity index is 352. The lowest BCUT2D eigenvalue weighted by molar-refractivity contribution is 0.319. The highest BCUT2D eigenvalue weighted by Gasteiger charge is 2.08. The standard InChI is InChI=1S/C15H26N2S/c1-13(16(2)3)15-8-6-7-14(11-15)12-17(4)9-10-18-5/h6-8,11,13H,9-10,12H2,1-5H3. The lowest BCUT2D eigenvalue weighted by atomic mass is 10.0. The van der Waals surface area contributed by atoms with E-state index in [9.17, 15) is 0 Å². The maximum Gasteiger partial charge on any atom is 0.0313 e. The molecule has 0 aliphatic rings. The average Bonchev–Trinajstić information content (AvgIpc) is 2.35. The smallest absolute Gasteiger partial charge is 0.0313 e. The molecule has 3 heteroatoms. The SMILES string of the molecule is CSCCN(C)Cc1cccc(C(C)N(C)C)c1. The van der Waals surface area contributed by atoms with Crippen LogP contribution in [-0.2, 0) is 6.54 Å². The van der Waals surface area contributed by atoms with Gasteiger partial charge in [-0.05, 0) is 45.4 Å². The summed E-state index contributed by atoms with van der Waals surface area (Å²) in [7, 11) is 6.45. The Morgan fingerprint density at radius 1 is 1.22 bits per heavy atom. The van der Waals surface area contributed by atoms with Gasteiger partial charge in [0.15, 0.2) is 0 Å². The number of hydrogen-bond acceptors (Lipinski definition) is 3. The zero-order valence-corrected chi connectivity index (χ0v) is 13.1. The summed E-state index contributed by atoms with van der Waals surface area (Å²) in [4.78, 5) is 4.63. The van der Waals surface area contributed by atoms with E-state index in [0.717, 1.165) is 13.1 Å². The maximum absolute atomic E-state index is 2.38. The molecule has 1 rings (SSSR count). The maximum atomic E-state index is 2.38. The molecule has 1 aromatic rings. The minimum atomic E-state index is 0.474. The summed E-state index contributed by atoms with van der Waals surface area (Å²) in [5, 5.41) is 0. The molecule has 0 aliphatic carbocycles. The van der Waals surface area contributed by atoms with Gasteiger partial charge in [-0.25, -0.2) is 0 Å². The largest absolute Gasteiger partial charge is 0.303 e. The van der Waals surface area contributed by atoms with Crippen LogP contribution in [0.15, 0.2) is 24.3 Å². The fourth-order valence-corrected chi connectivity index (χ4v) is 2.38. The van der Waals surface area contributed by atoms with Crippen molar-refractivity contribution in [3.63, 3.8) is 0 Å². The van der Waals surface area contributed by atoms with Crippen LogP contribution in [-0.4, -0.2) is 49.5 Å². The van der Waals surface area contributed by atoms with Gasteiger partial charge < -0.3 is 9.80 Å². The monoisotopic (exact) mass is 266 g/mol. The van der Waals surface area contributed by atoms with Crippen molar-refractivity contribution >= 4 is 11.8 Å². The van der Waals surface area contributed by atoms with Gasteiger partial charge in [-0.1, -0.05) is 24.3 Å². The molecule has 0 amide bonds. The van der Waals surface area contributed by atoms with Crippen molar-refractivity contribution in [3.05, 3.63) is 35.4 Å². The molecule has 0 saturated heterocycles. The summed E-state index contributed by atoms with van der Waals surface area (Å²) < 4.78 is 0. The van der Waals surface area contributed by atoms with E-state index in [-0.39, 0.29) is 0 Å². The van der Waals surface area contributed by atoms with Crippen LogP contribution in [0.4, 0.5) is 0 Å². The van der Waals surface area contributed by atoms with Crippen LogP contribution in [0.5, 0.6) is 0 Å². The molecule has 0 bridgehead atoms. The van der Waals surface area contributed by atoms with Crippen LogP contribution in [0.25, 0.3) is 0 Å². The zero-order valence-electron chi connectivity index (χ0n) is 12.3. The van der Waals surface area contributed by atoms with Crippen LogP contribution < -0.4 is 0 Å². The third kappa shape index (κ3) is 5.01. The Hall–Kier alpha value is -0.510. The van der Waals surface area contributed by atoms with Crippen LogP contribution >= 0.6 is 11.8 Å². The molecule has 0 heterocycles. The van der Waals surface area contributed by atoms with Crippen molar-refractivity contribution in [2.24, 2.45) is 0 Å². The lowest BCUT2D eigenvalue weighted by Gasteiger charge is -2.22. The summed E-state index contributed by atoms with van der Waals surface area (Å²) in [6, 6.07) is 9.42.